The standard InChI is InChI=1S/C22H22N4O2S/c1-2-17-10-12-19(13-11-17)29(27,28)24-15-16-26-21(18-7-4-3-5-8-18)25-20-9-6-14-23-22(20)26/h3-14,24H,2,15-16H2,1H3. The predicted molar refractivity (Wildman–Crippen MR) is 114 cm³/mol. The lowest BCUT2D eigenvalue weighted by Crippen LogP contribution is -2.27. The Hall–Kier alpha value is -3.03. The van der Waals surface area contributed by atoms with E-state index in [-0.39, 0.29) is 11.4 Å². The molecule has 0 atom stereocenters. The number of benzene rings is 2. The van der Waals surface area contributed by atoms with Crippen molar-refractivity contribution in [3.8, 4) is 11.4 Å². The van der Waals surface area contributed by atoms with Crippen molar-refractivity contribution >= 4 is 21.2 Å². The second kappa shape index (κ2) is 8.14. The maximum atomic E-state index is 12.6. The van der Waals surface area contributed by atoms with E-state index in [4.69, 9.17) is 4.98 Å². The van der Waals surface area contributed by atoms with E-state index in [1.54, 1.807) is 18.3 Å². The van der Waals surface area contributed by atoms with Gasteiger partial charge < -0.3 is 4.57 Å². The molecular weight excluding hydrogens is 384 g/mol. The van der Waals surface area contributed by atoms with Crippen molar-refractivity contribution in [2.45, 2.75) is 24.8 Å². The molecule has 6 nitrogen and oxygen atoms in total. The largest absolute Gasteiger partial charge is 0.307 e. The molecule has 4 aromatic rings. The lowest BCUT2D eigenvalue weighted by molar-refractivity contribution is 0.574. The summed E-state index contributed by atoms with van der Waals surface area (Å²) < 4.78 is 29.9. The minimum Gasteiger partial charge on any atom is -0.307 e. The number of nitrogens with zero attached hydrogens (tertiary/aromatic N) is 3. The first-order chi connectivity index (χ1) is 14.1. The number of fused-ring (bicyclic) bond motifs is 1. The molecule has 29 heavy (non-hydrogen) atoms. The fourth-order valence-electron chi connectivity index (χ4n) is 3.26. The van der Waals surface area contributed by atoms with Gasteiger partial charge in [0.1, 0.15) is 11.3 Å². The summed E-state index contributed by atoms with van der Waals surface area (Å²) in [4.78, 5) is 9.41. The van der Waals surface area contributed by atoms with Crippen LogP contribution in [0.25, 0.3) is 22.6 Å². The van der Waals surface area contributed by atoms with Gasteiger partial charge in [0, 0.05) is 24.8 Å². The van der Waals surface area contributed by atoms with Crippen molar-refractivity contribution in [1.82, 2.24) is 19.3 Å². The summed E-state index contributed by atoms with van der Waals surface area (Å²) in [6.45, 7) is 2.69. The highest BCUT2D eigenvalue weighted by atomic mass is 32.2. The molecule has 0 unspecified atom stereocenters. The molecule has 0 radical (unpaired) electrons. The first kappa shape index (κ1) is 19.3. The van der Waals surface area contributed by atoms with Gasteiger partial charge in [-0.1, -0.05) is 49.4 Å². The SMILES string of the molecule is CCc1ccc(S(=O)(=O)NCCn2c(-c3ccccc3)nc3cccnc32)cc1. The number of hydrogen-bond acceptors (Lipinski definition) is 4. The highest BCUT2D eigenvalue weighted by molar-refractivity contribution is 7.89. The van der Waals surface area contributed by atoms with Crippen LogP contribution in [-0.4, -0.2) is 29.5 Å². The van der Waals surface area contributed by atoms with Gasteiger partial charge in [0.2, 0.25) is 10.0 Å². The first-order valence-corrected chi connectivity index (χ1v) is 11.0. The normalized spacial score (nSPS) is 11.8. The average molecular weight is 407 g/mol. The first-order valence-electron chi connectivity index (χ1n) is 9.54. The lowest BCUT2D eigenvalue weighted by atomic mass is 10.2. The van der Waals surface area contributed by atoms with Crippen LogP contribution in [0, 0.1) is 0 Å². The van der Waals surface area contributed by atoms with Gasteiger partial charge in [-0.25, -0.2) is 23.1 Å². The number of rotatable bonds is 7. The second-order valence-electron chi connectivity index (χ2n) is 6.69. The van der Waals surface area contributed by atoms with Crippen LogP contribution in [0.1, 0.15) is 12.5 Å². The molecule has 0 aliphatic rings. The van der Waals surface area contributed by atoms with Crippen LogP contribution in [0.15, 0.2) is 77.8 Å². The number of nitrogens with one attached hydrogen (secondary N) is 1. The van der Waals surface area contributed by atoms with Crippen molar-refractivity contribution in [3.63, 3.8) is 0 Å². The van der Waals surface area contributed by atoms with Crippen LogP contribution >= 0.6 is 0 Å². The number of aromatic nitrogens is 3. The molecule has 1 N–H and O–H groups in total. The number of imidazole rings is 1. The van der Waals surface area contributed by atoms with E-state index in [1.165, 1.54) is 0 Å². The summed E-state index contributed by atoms with van der Waals surface area (Å²) in [5.74, 6) is 0.769. The van der Waals surface area contributed by atoms with Gasteiger partial charge in [-0.05, 0) is 36.2 Å². The Bertz CT molecular complexity index is 1220. The van der Waals surface area contributed by atoms with Gasteiger partial charge in [0.05, 0.1) is 4.90 Å². The fraction of sp³-hybridized carbons (Fsp3) is 0.182. The quantitative estimate of drug-likeness (QED) is 0.508. The molecule has 0 bridgehead atoms. The van der Waals surface area contributed by atoms with E-state index >= 15 is 0 Å². The van der Waals surface area contributed by atoms with E-state index in [2.05, 4.69) is 9.71 Å². The molecule has 7 heteroatoms. The molecule has 2 aromatic carbocycles. The zero-order valence-corrected chi connectivity index (χ0v) is 16.9. The molecule has 148 valence electrons. The highest BCUT2D eigenvalue weighted by Crippen LogP contribution is 2.23. The minimum atomic E-state index is -3.57. The smallest absolute Gasteiger partial charge is 0.240 e. The Morgan fingerprint density at radius 1 is 0.966 bits per heavy atom. The summed E-state index contributed by atoms with van der Waals surface area (Å²) in [7, 11) is -3.57. The Labute approximate surface area is 170 Å². The summed E-state index contributed by atoms with van der Waals surface area (Å²) in [5.41, 5.74) is 3.58. The van der Waals surface area contributed by atoms with E-state index < -0.39 is 10.0 Å². The Kier molecular flexibility index (Phi) is 5.42. The summed E-state index contributed by atoms with van der Waals surface area (Å²) >= 11 is 0. The van der Waals surface area contributed by atoms with Gasteiger partial charge in [0.25, 0.3) is 0 Å². The number of pyridine rings is 1. The highest BCUT2D eigenvalue weighted by Gasteiger charge is 2.16. The molecule has 2 heterocycles. The molecule has 0 saturated carbocycles. The molecule has 0 spiro atoms. The van der Waals surface area contributed by atoms with E-state index in [0.29, 0.717) is 6.54 Å². The number of aryl methyl sites for hydroxylation is 1. The maximum absolute atomic E-state index is 12.6. The molecule has 0 fully saturated rings. The van der Waals surface area contributed by atoms with Gasteiger partial charge in [-0.2, -0.15) is 0 Å². The van der Waals surface area contributed by atoms with E-state index in [9.17, 15) is 8.42 Å². The molecule has 2 aromatic heterocycles. The molecular formula is C22H22N4O2S. The summed E-state index contributed by atoms with van der Waals surface area (Å²) in [6.07, 6.45) is 2.59. The number of hydrogen-bond donors (Lipinski definition) is 1. The van der Waals surface area contributed by atoms with Crippen LogP contribution in [0.2, 0.25) is 0 Å². The topological polar surface area (TPSA) is 76.9 Å². The summed E-state index contributed by atoms with van der Waals surface area (Å²) in [6, 6.07) is 20.5. The fourth-order valence-corrected chi connectivity index (χ4v) is 4.28. The molecule has 4 rings (SSSR count). The molecule has 0 amide bonds. The predicted octanol–water partition coefficient (Wildman–Crippen LogP) is 3.64. The third kappa shape index (κ3) is 4.06. The van der Waals surface area contributed by atoms with Crippen LogP contribution in [-0.2, 0) is 23.0 Å². The van der Waals surface area contributed by atoms with E-state index in [1.807, 2.05) is 66.1 Å². The van der Waals surface area contributed by atoms with Crippen LogP contribution < -0.4 is 4.72 Å². The van der Waals surface area contributed by atoms with Crippen molar-refractivity contribution in [3.05, 3.63) is 78.5 Å². The second-order valence-corrected chi connectivity index (χ2v) is 8.46. The molecule has 0 aliphatic carbocycles. The maximum Gasteiger partial charge on any atom is 0.240 e. The number of sulfonamides is 1. The zero-order chi connectivity index (χ0) is 20.3. The Morgan fingerprint density at radius 3 is 2.45 bits per heavy atom. The van der Waals surface area contributed by atoms with Gasteiger partial charge in [0.15, 0.2) is 5.65 Å². The lowest BCUT2D eigenvalue weighted by Gasteiger charge is -2.11. The average Bonchev–Trinajstić information content (AvgIpc) is 3.13. The van der Waals surface area contributed by atoms with Gasteiger partial charge >= 0.3 is 0 Å². The monoisotopic (exact) mass is 406 g/mol. The van der Waals surface area contributed by atoms with Crippen molar-refractivity contribution in [1.29, 1.82) is 0 Å². The van der Waals surface area contributed by atoms with Crippen LogP contribution in [0.5, 0.6) is 0 Å². The van der Waals surface area contributed by atoms with Crippen molar-refractivity contribution in [2.24, 2.45) is 0 Å². The third-order valence-corrected chi connectivity index (χ3v) is 6.28. The third-order valence-electron chi connectivity index (χ3n) is 4.81. The van der Waals surface area contributed by atoms with Crippen molar-refractivity contribution < 1.29 is 8.42 Å². The van der Waals surface area contributed by atoms with Crippen LogP contribution in [0.3, 0.4) is 0 Å². The zero-order valence-electron chi connectivity index (χ0n) is 16.1. The van der Waals surface area contributed by atoms with Gasteiger partial charge in [-0.15, -0.1) is 0 Å². The van der Waals surface area contributed by atoms with Crippen LogP contribution in [0.4, 0.5) is 0 Å². The minimum absolute atomic E-state index is 0.236. The summed E-state index contributed by atoms with van der Waals surface area (Å²) in [5, 5.41) is 0. The Morgan fingerprint density at radius 2 is 1.72 bits per heavy atom. The Balaban J connectivity index is 1.58. The molecule has 0 saturated heterocycles. The van der Waals surface area contributed by atoms with Gasteiger partial charge in [-0.3, -0.25) is 0 Å². The van der Waals surface area contributed by atoms with Crippen molar-refractivity contribution in [2.75, 3.05) is 6.54 Å². The molecule has 0 aliphatic heterocycles. The van der Waals surface area contributed by atoms with E-state index in [0.717, 1.165) is 34.5 Å².